The van der Waals surface area contributed by atoms with E-state index in [-0.39, 0.29) is 12.0 Å². The van der Waals surface area contributed by atoms with Gasteiger partial charge in [0.2, 0.25) is 0 Å². The maximum atomic E-state index is 12.3. The summed E-state index contributed by atoms with van der Waals surface area (Å²) < 4.78 is 6.94. The lowest BCUT2D eigenvalue weighted by Gasteiger charge is -2.20. The fourth-order valence-electron chi connectivity index (χ4n) is 2.26. The number of aromatic nitrogens is 3. The van der Waals surface area contributed by atoms with Gasteiger partial charge in [-0.25, -0.2) is 9.67 Å². The first-order valence-electron chi connectivity index (χ1n) is 7.20. The van der Waals surface area contributed by atoms with Gasteiger partial charge in [0.1, 0.15) is 0 Å². The highest BCUT2D eigenvalue weighted by Crippen LogP contribution is 2.11. The number of hydrogen-bond donors (Lipinski definition) is 0. The molecule has 0 aliphatic rings. The van der Waals surface area contributed by atoms with Gasteiger partial charge in [0.15, 0.2) is 5.82 Å². The molecule has 0 radical (unpaired) electrons. The van der Waals surface area contributed by atoms with Gasteiger partial charge < -0.3 is 9.64 Å². The Labute approximate surface area is 130 Å². The minimum atomic E-state index is -0.0729. The molecule has 118 valence electrons. The van der Waals surface area contributed by atoms with Crippen molar-refractivity contribution < 1.29 is 9.53 Å². The van der Waals surface area contributed by atoms with Crippen molar-refractivity contribution in [3.8, 4) is 5.82 Å². The zero-order valence-electron chi connectivity index (χ0n) is 13.7. The molecule has 0 aliphatic carbocycles. The van der Waals surface area contributed by atoms with Crippen molar-refractivity contribution in [3.63, 3.8) is 0 Å². The summed E-state index contributed by atoms with van der Waals surface area (Å²) in [4.78, 5) is 18.3. The Hall–Kier alpha value is -2.21. The first-order valence-corrected chi connectivity index (χ1v) is 7.20. The molecule has 2 heterocycles. The van der Waals surface area contributed by atoms with Crippen molar-refractivity contribution in [2.45, 2.75) is 26.9 Å². The lowest BCUT2D eigenvalue weighted by molar-refractivity contribution is 0.0599. The molecule has 2 aromatic heterocycles. The lowest BCUT2D eigenvalue weighted by atomic mass is 10.2. The fourth-order valence-corrected chi connectivity index (χ4v) is 2.26. The van der Waals surface area contributed by atoms with Crippen LogP contribution >= 0.6 is 0 Å². The highest BCUT2D eigenvalue weighted by molar-refractivity contribution is 5.93. The van der Waals surface area contributed by atoms with Gasteiger partial charge in [0, 0.05) is 32.6 Å². The van der Waals surface area contributed by atoms with E-state index in [1.54, 1.807) is 42.1 Å². The normalized spacial score (nSPS) is 12.2. The Bertz CT molecular complexity index is 649. The van der Waals surface area contributed by atoms with Gasteiger partial charge in [-0.15, -0.1) is 0 Å². The first kappa shape index (κ1) is 16.2. The number of methoxy groups -OCH3 is 1. The van der Waals surface area contributed by atoms with E-state index in [1.807, 2.05) is 26.8 Å². The zero-order valence-corrected chi connectivity index (χ0v) is 13.7. The number of rotatable bonds is 5. The van der Waals surface area contributed by atoms with Crippen LogP contribution < -0.4 is 0 Å². The molecule has 0 spiro atoms. The van der Waals surface area contributed by atoms with E-state index in [9.17, 15) is 4.79 Å². The largest absolute Gasteiger partial charge is 0.380 e. The van der Waals surface area contributed by atoms with E-state index in [0.29, 0.717) is 17.9 Å². The Morgan fingerprint density at radius 3 is 2.64 bits per heavy atom. The van der Waals surface area contributed by atoms with E-state index < -0.39 is 0 Å². The van der Waals surface area contributed by atoms with Gasteiger partial charge in [0.05, 0.1) is 17.4 Å². The van der Waals surface area contributed by atoms with Crippen LogP contribution in [0.1, 0.15) is 28.7 Å². The number of ether oxygens (including phenoxy) is 1. The topological polar surface area (TPSA) is 60.2 Å². The van der Waals surface area contributed by atoms with Crippen molar-refractivity contribution >= 4 is 5.91 Å². The van der Waals surface area contributed by atoms with Gasteiger partial charge in [0.25, 0.3) is 5.91 Å². The number of pyridine rings is 1. The molecule has 0 N–H and O–H groups in total. The summed E-state index contributed by atoms with van der Waals surface area (Å²) in [5.74, 6) is 0.631. The van der Waals surface area contributed by atoms with Crippen molar-refractivity contribution in [2.24, 2.45) is 0 Å². The number of carbonyl (C=O) groups excluding carboxylic acids is 1. The standard InChI is InChI=1S/C16H22N4O2/c1-11-8-12(2)20(18-11)15-7-6-14(9-17-15)16(21)19(4)10-13(3)22-5/h6-9,13H,10H2,1-5H3. The molecule has 0 bridgehead atoms. The van der Waals surface area contributed by atoms with Crippen LogP contribution in [0.5, 0.6) is 0 Å². The molecule has 0 fully saturated rings. The molecule has 1 amide bonds. The highest BCUT2D eigenvalue weighted by atomic mass is 16.5. The van der Waals surface area contributed by atoms with Crippen LogP contribution in [0.4, 0.5) is 0 Å². The summed E-state index contributed by atoms with van der Waals surface area (Å²) in [7, 11) is 3.39. The average molecular weight is 302 g/mol. The number of carbonyl (C=O) groups is 1. The molecular formula is C16H22N4O2. The molecule has 0 aliphatic heterocycles. The molecule has 1 unspecified atom stereocenters. The maximum absolute atomic E-state index is 12.3. The Morgan fingerprint density at radius 1 is 1.41 bits per heavy atom. The molecule has 0 aromatic carbocycles. The first-order chi connectivity index (χ1) is 10.4. The summed E-state index contributed by atoms with van der Waals surface area (Å²) in [6, 6.07) is 5.57. The van der Waals surface area contributed by atoms with Crippen molar-refractivity contribution in [1.29, 1.82) is 0 Å². The minimum Gasteiger partial charge on any atom is -0.380 e. The Balaban J connectivity index is 2.15. The molecule has 22 heavy (non-hydrogen) atoms. The van der Waals surface area contributed by atoms with Crippen LogP contribution in [0.25, 0.3) is 5.82 Å². The second-order valence-electron chi connectivity index (χ2n) is 5.48. The average Bonchev–Trinajstić information content (AvgIpc) is 2.85. The van der Waals surface area contributed by atoms with Crippen molar-refractivity contribution in [1.82, 2.24) is 19.7 Å². The highest BCUT2D eigenvalue weighted by Gasteiger charge is 2.15. The van der Waals surface area contributed by atoms with Crippen LogP contribution in [0.3, 0.4) is 0 Å². The van der Waals surface area contributed by atoms with E-state index in [0.717, 1.165) is 11.4 Å². The number of likely N-dealkylation sites (N-methyl/N-ethyl adjacent to an activating group) is 1. The number of hydrogen-bond acceptors (Lipinski definition) is 4. The summed E-state index contributed by atoms with van der Waals surface area (Å²) in [6.07, 6.45) is 1.58. The minimum absolute atomic E-state index is 0.00381. The molecule has 0 saturated carbocycles. The molecule has 6 nitrogen and oxygen atoms in total. The SMILES string of the molecule is COC(C)CN(C)C(=O)c1ccc(-n2nc(C)cc2C)nc1. The fraction of sp³-hybridized carbons (Fsp3) is 0.438. The summed E-state index contributed by atoms with van der Waals surface area (Å²) in [5, 5.41) is 4.38. The third-order valence-corrected chi connectivity index (χ3v) is 3.50. The number of nitrogens with zero attached hydrogens (tertiary/aromatic N) is 4. The van der Waals surface area contributed by atoms with Gasteiger partial charge in [-0.2, -0.15) is 5.10 Å². The predicted molar refractivity (Wildman–Crippen MR) is 84.3 cm³/mol. The lowest BCUT2D eigenvalue weighted by Crippen LogP contribution is -2.33. The molecule has 2 rings (SSSR count). The van der Waals surface area contributed by atoms with Crippen LogP contribution in [-0.4, -0.2) is 52.4 Å². The molecule has 6 heteroatoms. The van der Waals surface area contributed by atoms with Crippen LogP contribution in [-0.2, 0) is 4.74 Å². The predicted octanol–water partition coefficient (Wildman–Crippen LogP) is 1.99. The molecule has 0 saturated heterocycles. The van der Waals surface area contributed by atoms with Crippen LogP contribution in [0.2, 0.25) is 0 Å². The van der Waals surface area contributed by atoms with E-state index in [1.165, 1.54) is 0 Å². The quantitative estimate of drug-likeness (QED) is 0.847. The Kier molecular flexibility index (Phi) is 4.92. The Morgan fingerprint density at radius 2 is 2.14 bits per heavy atom. The number of amides is 1. The van der Waals surface area contributed by atoms with E-state index in [4.69, 9.17) is 4.74 Å². The molecular weight excluding hydrogens is 280 g/mol. The summed E-state index contributed by atoms with van der Waals surface area (Å²) >= 11 is 0. The van der Waals surface area contributed by atoms with Gasteiger partial charge in [-0.1, -0.05) is 0 Å². The van der Waals surface area contributed by atoms with Gasteiger partial charge in [-0.05, 0) is 39.0 Å². The van der Waals surface area contributed by atoms with E-state index >= 15 is 0 Å². The summed E-state index contributed by atoms with van der Waals surface area (Å²) in [6.45, 7) is 6.37. The molecule has 1 atom stereocenters. The monoisotopic (exact) mass is 302 g/mol. The van der Waals surface area contributed by atoms with Crippen LogP contribution in [0.15, 0.2) is 24.4 Å². The van der Waals surface area contributed by atoms with Crippen molar-refractivity contribution in [3.05, 3.63) is 41.3 Å². The maximum Gasteiger partial charge on any atom is 0.255 e. The van der Waals surface area contributed by atoms with Crippen LogP contribution in [0, 0.1) is 13.8 Å². The third kappa shape index (κ3) is 3.51. The van der Waals surface area contributed by atoms with E-state index in [2.05, 4.69) is 10.1 Å². The molecule has 2 aromatic rings. The van der Waals surface area contributed by atoms with Gasteiger partial charge in [-0.3, -0.25) is 4.79 Å². The zero-order chi connectivity index (χ0) is 16.3. The van der Waals surface area contributed by atoms with Crippen molar-refractivity contribution in [2.75, 3.05) is 20.7 Å². The second kappa shape index (κ2) is 6.70. The smallest absolute Gasteiger partial charge is 0.255 e. The summed E-state index contributed by atoms with van der Waals surface area (Å²) in [5.41, 5.74) is 2.50. The van der Waals surface area contributed by atoms with Gasteiger partial charge >= 0.3 is 0 Å². The number of aryl methyl sites for hydroxylation is 2. The third-order valence-electron chi connectivity index (χ3n) is 3.50. The second-order valence-corrected chi connectivity index (χ2v) is 5.48.